The van der Waals surface area contributed by atoms with Crippen molar-refractivity contribution in [2.75, 3.05) is 32.8 Å². The molecule has 1 aromatic rings. The van der Waals surface area contributed by atoms with Gasteiger partial charge in [-0.05, 0) is 24.1 Å². The largest absolute Gasteiger partial charge is 0.396 e. The van der Waals surface area contributed by atoms with Crippen molar-refractivity contribution >= 4 is 24.0 Å². The van der Waals surface area contributed by atoms with Crippen LogP contribution in [0.3, 0.4) is 0 Å². The molecular weight excluding hydrogens is 290 g/mol. The number of aliphatic hydroxyl groups is 1. The molecule has 2 N–H and O–H groups in total. The van der Waals surface area contributed by atoms with E-state index in [1.54, 1.807) is 12.1 Å². The maximum Gasteiger partial charge on any atom is 0.141 e. The quantitative estimate of drug-likeness (QED) is 0.895. The first-order valence-electron chi connectivity index (χ1n) is 6.23. The number of halogens is 3. The maximum absolute atomic E-state index is 13.2. The second-order valence-electron chi connectivity index (χ2n) is 4.49. The van der Waals surface area contributed by atoms with Gasteiger partial charge in [-0.2, -0.15) is 0 Å². The Hall–Kier alpha value is -0.390. The number of nitrogens with zero attached hydrogens (tertiary/aromatic N) is 1. The third kappa shape index (κ3) is 4.29. The number of benzene rings is 1. The number of hydrogen-bond acceptors (Lipinski definition) is 3. The number of nitrogens with one attached hydrogen (secondary N) is 1. The number of hydrogen-bond donors (Lipinski definition) is 2. The number of rotatable bonds is 4. The average Bonchev–Trinajstić information content (AvgIpc) is 2.40. The zero-order chi connectivity index (χ0) is 13.0. The SMILES string of the molecule is Cl.OCC[C@H](c1ccc(F)c(Cl)c1)N1CCNCC1. The Balaban J connectivity index is 0.00000180. The van der Waals surface area contributed by atoms with Crippen LogP contribution in [0.4, 0.5) is 4.39 Å². The summed E-state index contributed by atoms with van der Waals surface area (Å²) in [7, 11) is 0. The summed E-state index contributed by atoms with van der Waals surface area (Å²) in [6, 6.07) is 4.92. The van der Waals surface area contributed by atoms with Crippen LogP contribution in [-0.4, -0.2) is 42.8 Å². The zero-order valence-corrected chi connectivity index (χ0v) is 12.2. The van der Waals surface area contributed by atoms with E-state index in [0.29, 0.717) is 6.42 Å². The van der Waals surface area contributed by atoms with Gasteiger partial charge in [-0.3, -0.25) is 4.90 Å². The molecule has 0 bridgehead atoms. The van der Waals surface area contributed by atoms with Gasteiger partial charge in [0.2, 0.25) is 0 Å². The molecule has 19 heavy (non-hydrogen) atoms. The summed E-state index contributed by atoms with van der Waals surface area (Å²) in [6.45, 7) is 3.86. The van der Waals surface area contributed by atoms with Gasteiger partial charge in [-0.25, -0.2) is 4.39 Å². The minimum atomic E-state index is -0.400. The fourth-order valence-corrected chi connectivity index (χ4v) is 2.58. The summed E-state index contributed by atoms with van der Waals surface area (Å²) >= 11 is 5.83. The molecule has 0 aliphatic carbocycles. The summed E-state index contributed by atoms with van der Waals surface area (Å²) in [5.41, 5.74) is 0.970. The van der Waals surface area contributed by atoms with E-state index in [0.717, 1.165) is 31.7 Å². The second-order valence-corrected chi connectivity index (χ2v) is 4.89. The fourth-order valence-electron chi connectivity index (χ4n) is 2.40. The highest BCUT2D eigenvalue weighted by Crippen LogP contribution is 2.27. The van der Waals surface area contributed by atoms with Crippen molar-refractivity contribution in [1.29, 1.82) is 0 Å². The van der Waals surface area contributed by atoms with Crippen LogP contribution >= 0.6 is 24.0 Å². The van der Waals surface area contributed by atoms with Gasteiger partial charge in [-0.1, -0.05) is 17.7 Å². The molecule has 0 unspecified atom stereocenters. The molecule has 1 saturated heterocycles. The van der Waals surface area contributed by atoms with Crippen molar-refractivity contribution in [1.82, 2.24) is 10.2 Å². The van der Waals surface area contributed by atoms with Gasteiger partial charge in [-0.15, -0.1) is 12.4 Å². The first kappa shape index (κ1) is 16.7. The van der Waals surface area contributed by atoms with E-state index < -0.39 is 5.82 Å². The minimum absolute atomic E-state index is 0. The molecular formula is C13H19Cl2FN2O. The lowest BCUT2D eigenvalue weighted by atomic mass is 10.0. The van der Waals surface area contributed by atoms with Crippen LogP contribution in [0.2, 0.25) is 5.02 Å². The van der Waals surface area contributed by atoms with Gasteiger partial charge in [0.1, 0.15) is 5.82 Å². The minimum Gasteiger partial charge on any atom is -0.396 e. The van der Waals surface area contributed by atoms with Crippen LogP contribution in [0.5, 0.6) is 0 Å². The molecule has 3 nitrogen and oxygen atoms in total. The highest BCUT2D eigenvalue weighted by Gasteiger charge is 2.22. The van der Waals surface area contributed by atoms with E-state index in [9.17, 15) is 9.50 Å². The van der Waals surface area contributed by atoms with Crippen molar-refractivity contribution in [2.45, 2.75) is 12.5 Å². The molecule has 6 heteroatoms. The maximum atomic E-state index is 13.2. The van der Waals surface area contributed by atoms with Gasteiger partial charge in [0.25, 0.3) is 0 Å². The summed E-state index contributed by atoms with van der Waals surface area (Å²) < 4.78 is 13.2. The standard InChI is InChI=1S/C13H18ClFN2O.ClH/c14-11-9-10(1-2-12(11)15)13(3-8-18)17-6-4-16-5-7-17;/h1-2,9,13,16,18H,3-8H2;1H/t13-;/m1./s1. The lowest BCUT2D eigenvalue weighted by Crippen LogP contribution is -2.45. The molecule has 1 fully saturated rings. The summed E-state index contributed by atoms with van der Waals surface area (Å²) in [6.07, 6.45) is 0.641. The van der Waals surface area contributed by atoms with Crippen LogP contribution < -0.4 is 5.32 Å². The molecule has 0 spiro atoms. The Labute approximate surface area is 124 Å². The first-order valence-corrected chi connectivity index (χ1v) is 6.60. The molecule has 1 aliphatic heterocycles. The van der Waals surface area contributed by atoms with Crippen LogP contribution in [0.15, 0.2) is 18.2 Å². The van der Waals surface area contributed by atoms with E-state index in [2.05, 4.69) is 10.2 Å². The number of piperazine rings is 1. The lowest BCUT2D eigenvalue weighted by molar-refractivity contribution is 0.141. The van der Waals surface area contributed by atoms with Crippen LogP contribution in [0.25, 0.3) is 0 Å². The predicted molar refractivity (Wildman–Crippen MR) is 77.5 cm³/mol. The van der Waals surface area contributed by atoms with Crippen molar-refractivity contribution in [3.8, 4) is 0 Å². The molecule has 0 saturated carbocycles. The molecule has 1 atom stereocenters. The highest BCUT2D eigenvalue weighted by atomic mass is 35.5. The summed E-state index contributed by atoms with van der Waals surface area (Å²) in [4.78, 5) is 2.30. The Morgan fingerprint density at radius 1 is 1.37 bits per heavy atom. The first-order chi connectivity index (χ1) is 8.72. The molecule has 0 radical (unpaired) electrons. The van der Waals surface area contributed by atoms with Crippen molar-refractivity contribution < 1.29 is 9.50 Å². The van der Waals surface area contributed by atoms with Gasteiger partial charge in [0.05, 0.1) is 5.02 Å². The topological polar surface area (TPSA) is 35.5 Å². The Morgan fingerprint density at radius 2 is 2.05 bits per heavy atom. The number of aliphatic hydroxyl groups excluding tert-OH is 1. The Morgan fingerprint density at radius 3 is 2.63 bits per heavy atom. The molecule has 1 heterocycles. The molecule has 108 valence electrons. The third-order valence-corrected chi connectivity index (χ3v) is 3.61. The van der Waals surface area contributed by atoms with Crippen molar-refractivity contribution in [3.63, 3.8) is 0 Å². The van der Waals surface area contributed by atoms with Crippen LogP contribution in [-0.2, 0) is 0 Å². The van der Waals surface area contributed by atoms with Crippen LogP contribution in [0.1, 0.15) is 18.0 Å². The Bertz CT molecular complexity index is 400. The van der Waals surface area contributed by atoms with Crippen molar-refractivity contribution in [2.24, 2.45) is 0 Å². The van der Waals surface area contributed by atoms with Gasteiger partial charge in [0.15, 0.2) is 0 Å². The van der Waals surface area contributed by atoms with E-state index in [1.165, 1.54) is 6.07 Å². The second kappa shape index (κ2) is 8.02. The molecule has 1 aliphatic rings. The molecule has 2 rings (SSSR count). The van der Waals surface area contributed by atoms with Crippen molar-refractivity contribution in [3.05, 3.63) is 34.6 Å². The fraction of sp³-hybridized carbons (Fsp3) is 0.538. The highest BCUT2D eigenvalue weighted by molar-refractivity contribution is 6.30. The van der Waals surface area contributed by atoms with E-state index in [4.69, 9.17) is 11.6 Å². The third-order valence-electron chi connectivity index (χ3n) is 3.32. The molecule has 1 aromatic carbocycles. The summed E-state index contributed by atoms with van der Waals surface area (Å²) in [5.74, 6) is -0.400. The van der Waals surface area contributed by atoms with Gasteiger partial charge >= 0.3 is 0 Å². The lowest BCUT2D eigenvalue weighted by Gasteiger charge is -2.35. The van der Waals surface area contributed by atoms with Crippen LogP contribution in [0, 0.1) is 5.82 Å². The predicted octanol–water partition coefficient (Wildman–Crippen LogP) is 2.23. The monoisotopic (exact) mass is 308 g/mol. The molecule has 0 aromatic heterocycles. The molecule has 0 amide bonds. The smallest absolute Gasteiger partial charge is 0.141 e. The van der Waals surface area contributed by atoms with Gasteiger partial charge in [0, 0.05) is 38.8 Å². The van der Waals surface area contributed by atoms with E-state index in [-0.39, 0.29) is 30.1 Å². The normalized spacial score (nSPS) is 17.8. The zero-order valence-electron chi connectivity index (χ0n) is 10.6. The summed E-state index contributed by atoms with van der Waals surface area (Å²) in [5, 5.41) is 12.6. The van der Waals surface area contributed by atoms with E-state index in [1.807, 2.05) is 0 Å². The van der Waals surface area contributed by atoms with E-state index >= 15 is 0 Å². The average molecular weight is 309 g/mol. The van der Waals surface area contributed by atoms with Gasteiger partial charge < -0.3 is 10.4 Å². The Kier molecular flexibility index (Phi) is 7.04.